The molecule has 0 N–H and O–H groups in total. The van der Waals surface area contributed by atoms with E-state index in [1.54, 1.807) is 0 Å². The van der Waals surface area contributed by atoms with Gasteiger partial charge in [-0.05, 0) is 75.0 Å². The second kappa shape index (κ2) is 4.98. The first kappa shape index (κ1) is 16.8. The lowest BCUT2D eigenvalue weighted by molar-refractivity contribution is -0.195. The van der Waals surface area contributed by atoms with Gasteiger partial charge in [-0.3, -0.25) is 0 Å². The van der Waals surface area contributed by atoms with E-state index in [1.165, 1.54) is 38.5 Å². The Kier molecular flexibility index (Phi) is 3.65. The fraction of sp³-hybridized carbons (Fsp3) is 1.00. The second-order valence-electron chi connectivity index (χ2n) is 10.1. The number of fused-ring (bicyclic) bond motifs is 4. The molecule has 0 radical (unpaired) electrons. The highest BCUT2D eigenvalue weighted by Crippen LogP contribution is 2.65. The van der Waals surface area contributed by atoms with Gasteiger partial charge in [0.05, 0.1) is 17.8 Å². The van der Waals surface area contributed by atoms with Crippen LogP contribution in [-0.4, -0.2) is 28.7 Å². The number of ether oxygens (including phenoxy) is 2. The molecule has 3 heteroatoms. The van der Waals surface area contributed by atoms with Crippen molar-refractivity contribution < 1.29 is 9.47 Å². The van der Waals surface area contributed by atoms with Crippen molar-refractivity contribution in [2.24, 2.45) is 22.7 Å². The van der Waals surface area contributed by atoms with Gasteiger partial charge < -0.3 is 9.47 Å². The Labute approximate surface area is 150 Å². The maximum absolute atomic E-state index is 6.57. The van der Waals surface area contributed by atoms with Gasteiger partial charge in [0.1, 0.15) is 6.10 Å². The van der Waals surface area contributed by atoms with E-state index in [1.807, 2.05) is 0 Å². The van der Waals surface area contributed by atoms with E-state index in [4.69, 9.17) is 9.47 Å². The van der Waals surface area contributed by atoms with Crippen LogP contribution < -0.4 is 0 Å². The molecule has 4 aliphatic rings. The Morgan fingerprint density at radius 3 is 2.22 bits per heavy atom. The maximum atomic E-state index is 6.57. The normalized spacial score (nSPS) is 58.2. The minimum atomic E-state index is 0.0494. The van der Waals surface area contributed by atoms with Gasteiger partial charge in [0.2, 0.25) is 0 Å². The Morgan fingerprint density at radius 1 is 0.826 bits per heavy atom. The molecule has 0 spiro atoms. The van der Waals surface area contributed by atoms with Crippen LogP contribution in [0.25, 0.3) is 0 Å². The summed E-state index contributed by atoms with van der Waals surface area (Å²) in [5, 5.41) is 0. The molecule has 7 unspecified atom stereocenters. The van der Waals surface area contributed by atoms with Crippen LogP contribution in [0.15, 0.2) is 0 Å². The SMILES string of the molecule is CC12CCC3C(C)(CCC4C(C)(C)C(Br)CCC34C)OCC1O2. The number of halogens is 1. The number of alkyl halides is 1. The molecule has 7 atom stereocenters. The molecular formula is C20H33BrO2. The zero-order valence-electron chi connectivity index (χ0n) is 15.5. The summed E-state index contributed by atoms with van der Waals surface area (Å²) in [5.74, 6) is 1.45. The highest BCUT2D eigenvalue weighted by molar-refractivity contribution is 9.09. The van der Waals surface area contributed by atoms with E-state index in [0.717, 1.165) is 12.5 Å². The van der Waals surface area contributed by atoms with Crippen molar-refractivity contribution in [3.8, 4) is 0 Å². The first-order valence-corrected chi connectivity index (χ1v) is 10.5. The lowest BCUT2D eigenvalue weighted by Gasteiger charge is -2.63. The van der Waals surface area contributed by atoms with Crippen LogP contribution in [0.5, 0.6) is 0 Å². The molecule has 4 rings (SSSR count). The quantitative estimate of drug-likeness (QED) is 0.415. The summed E-state index contributed by atoms with van der Waals surface area (Å²) >= 11 is 4.00. The number of rotatable bonds is 0. The molecule has 0 aromatic heterocycles. The number of hydrogen-bond acceptors (Lipinski definition) is 2. The average molecular weight is 385 g/mol. The molecule has 0 aromatic rings. The van der Waals surface area contributed by atoms with Gasteiger partial charge in [-0.25, -0.2) is 0 Å². The molecule has 0 aromatic carbocycles. The molecule has 4 fully saturated rings. The predicted molar refractivity (Wildman–Crippen MR) is 96.9 cm³/mol. The molecule has 23 heavy (non-hydrogen) atoms. The van der Waals surface area contributed by atoms with Crippen molar-refractivity contribution in [3.63, 3.8) is 0 Å². The molecule has 2 aliphatic carbocycles. The van der Waals surface area contributed by atoms with Crippen molar-refractivity contribution >= 4 is 15.9 Å². The topological polar surface area (TPSA) is 21.8 Å². The highest BCUT2D eigenvalue weighted by Gasteiger charge is 2.63. The fourth-order valence-electron chi connectivity index (χ4n) is 6.70. The van der Waals surface area contributed by atoms with Crippen LogP contribution in [0.1, 0.15) is 73.1 Å². The van der Waals surface area contributed by atoms with Crippen LogP contribution in [-0.2, 0) is 9.47 Å². The largest absolute Gasteiger partial charge is 0.372 e. The lowest BCUT2D eigenvalue weighted by atomic mass is 9.45. The second-order valence-corrected chi connectivity index (χ2v) is 11.2. The van der Waals surface area contributed by atoms with Gasteiger partial charge in [-0.1, -0.05) is 36.7 Å². The van der Waals surface area contributed by atoms with E-state index in [2.05, 4.69) is 50.5 Å². The Hall–Kier alpha value is 0.400. The Morgan fingerprint density at radius 2 is 1.48 bits per heavy atom. The van der Waals surface area contributed by atoms with Crippen molar-refractivity contribution in [1.82, 2.24) is 0 Å². The van der Waals surface area contributed by atoms with Crippen molar-refractivity contribution in [3.05, 3.63) is 0 Å². The van der Waals surface area contributed by atoms with Gasteiger partial charge >= 0.3 is 0 Å². The molecule has 132 valence electrons. The Balaban J connectivity index is 1.68. The van der Waals surface area contributed by atoms with E-state index in [0.29, 0.717) is 27.7 Å². The monoisotopic (exact) mass is 384 g/mol. The molecule has 2 aliphatic heterocycles. The molecule has 0 bridgehead atoms. The van der Waals surface area contributed by atoms with Gasteiger partial charge in [0.15, 0.2) is 0 Å². The smallest absolute Gasteiger partial charge is 0.110 e. The van der Waals surface area contributed by atoms with Crippen molar-refractivity contribution in [1.29, 1.82) is 0 Å². The summed E-state index contributed by atoms with van der Waals surface area (Å²) in [6.45, 7) is 13.0. The summed E-state index contributed by atoms with van der Waals surface area (Å²) in [5.41, 5.74) is 0.929. The minimum absolute atomic E-state index is 0.0494. The zero-order valence-corrected chi connectivity index (χ0v) is 17.0. The third-order valence-electron chi connectivity index (χ3n) is 8.43. The van der Waals surface area contributed by atoms with E-state index < -0.39 is 0 Å². The van der Waals surface area contributed by atoms with Crippen LogP contribution in [0.2, 0.25) is 0 Å². The van der Waals surface area contributed by atoms with Gasteiger partial charge in [0, 0.05) is 4.83 Å². The predicted octanol–water partition coefficient (Wildman–Crippen LogP) is 5.33. The van der Waals surface area contributed by atoms with Gasteiger partial charge in [0.25, 0.3) is 0 Å². The highest BCUT2D eigenvalue weighted by atomic mass is 79.9. The zero-order chi connectivity index (χ0) is 16.7. The van der Waals surface area contributed by atoms with Crippen LogP contribution >= 0.6 is 15.9 Å². The van der Waals surface area contributed by atoms with Crippen molar-refractivity contribution in [2.45, 2.75) is 95.3 Å². The molecule has 2 saturated heterocycles. The molecule has 0 amide bonds. The third kappa shape index (κ3) is 2.32. The first-order valence-electron chi connectivity index (χ1n) is 9.58. The number of hydrogen-bond donors (Lipinski definition) is 0. The average Bonchev–Trinajstić information content (AvgIpc) is 3.09. The molecular weight excluding hydrogens is 352 g/mol. The van der Waals surface area contributed by atoms with Crippen LogP contribution in [0, 0.1) is 22.7 Å². The van der Waals surface area contributed by atoms with Crippen LogP contribution in [0.3, 0.4) is 0 Å². The summed E-state index contributed by atoms with van der Waals surface area (Å²) < 4.78 is 12.5. The lowest BCUT2D eigenvalue weighted by Crippen LogP contribution is -2.61. The first-order chi connectivity index (χ1) is 10.6. The van der Waals surface area contributed by atoms with Gasteiger partial charge in [-0.15, -0.1) is 0 Å². The molecule has 2 nitrogen and oxygen atoms in total. The molecule has 2 heterocycles. The van der Waals surface area contributed by atoms with E-state index in [-0.39, 0.29) is 11.2 Å². The standard InChI is InChI=1S/C20H33BrO2/c1-17(2)13-6-10-19(4)14(18(13,3)9-8-15(17)21)7-11-20(5)16(23-20)12-22-19/h13-16H,6-12H2,1-5H3. The van der Waals surface area contributed by atoms with Crippen LogP contribution in [0.4, 0.5) is 0 Å². The summed E-state index contributed by atoms with van der Waals surface area (Å²) in [6.07, 6.45) is 7.97. The fourth-order valence-corrected chi connectivity index (χ4v) is 7.25. The minimum Gasteiger partial charge on any atom is -0.372 e. The Bertz CT molecular complexity index is 506. The summed E-state index contributed by atoms with van der Waals surface area (Å²) in [7, 11) is 0. The number of epoxide rings is 1. The van der Waals surface area contributed by atoms with Gasteiger partial charge in [-0.2, -0.15) is 0 Å². The van der Waals surface area contributed by atoms with Crippen molar-refractivity contribution in [2.75, 3.05) is 6.61 Å². The van der Waals surface area contributed by atoms with E-state index in [9.17, 15) is 0 Å². The molecule has 2 saturated carbocycles. The maximum Gasteiger partial charge on any atom is 0.110 e. The van der Waals surface area contributed by atoms with E-state index >= 15 is 0 Å². The summed E-state index contributed by atoms with van der Waals surface area (Å²) in [4.78, 5) is 0.653. The third-order valence-corrected chi connectivity index (χ3v) is 10.1. The summed E-state index contributed by atoms with van der Waals surface area (Å²) in [6, 6.07) is 0.